The van der Waals surface area contributed by atoms with Crippen LogP contribution in [0.1, 0.15) is 10.5 Å². The Morgan fingerprint density at radius 1 is 1.31 bits per heavy atom. The molecule has 2 heterocycles. The lowest BCUT2D eigenvalue weighted by Gasteiger charge is -2.24. The molecule has 0 radical (unpaired) electrons. The van der Waals surface area contributed by atoms with Gasteiger partial charge in [-0.1, -0.05) is 0 Å². The van der Waals surface area contributed by atoms with Crippen molar-refractivity contribution in [3.8, 4) is 0 Å². The van der Waals surface area contributed by atoms with E-state index in [0.29, 0.717) is 5.69 Å². The Balaban J connectivity index is 2.15. The number of nitrogens with zero attached hydrogens (tertiary/aromatic N) is 1. The van der Waals surface area contributed by atoms with E-state index in [1.165, 1.54) is 12.3 Å². The molecule has 2 rings (SSSR count). The molecular formula is C9H10N4O3. The van der Waals surface area contributed by atoms with Gasteiger partial charge in [-0.2, -0.15) is 0 Å². The van der Waals surface area contributed by atoms with Gasteiger partial charge in [0, 0.05) is 11.9 Å². The van der Waals surface area contributed by atoms with Gasteiger partial charge in [0.25, 0.3) is 5.91 Å². The van der Waals surface area contributed by atoms with Gasteiger partial charge in [-0.25, -0.2) is 0 Å². The summed E-state index contributed by atoms with van der Waals surface area (Å²) in [7, 11) is 0. The fraction of sp³-hybridized carbons (Fsp3) is 0.222. The molecule has 4 N–H and O–H groups in total. The molecule has 0 aromatic carbocycles. The summed E-state index contributed by atoms with van der Waals surface area (Å²) in [5, 5.41) is 2.11. The van der Waals surface area contributed by atoms with E-state index in [0.717, 1.165) is 4.90 Å². The van der Waals surface area contributed by atoms with E-state index in [-0.39, 0.29) is 18.8 Å². The number of nitrogen functional groups attached to an aromatic ring is 1. The Hall–Kier alpha value is -2.31. The lowest BCUT2D eigenvalue weighted by molar-refractivity contribution is -0.135. The molecule has 1 aliphatic heterocycles. The molecule has 7 nitrogen and oxygen atoms in total. The number of carbonyl (C=O) groups is 3. The van der Waals surface area contributed by atoms with Crippen molar-refractivity contribution in [1.82, 2.24) is 15.2 Å². The molecule has 0 bridgehead atoms. The molecule has 7 heteroatoms. The quantitative estimate of drug-likeness (QED) is 0.513. The van der Waals surface area contributed by atoms with Crippen molar-refractivity contribution in [3.05, 3.63) is 18.0 Å². The minimum Gasteiger partial charge on any atom is -0.397 e. The highest BCUT2D eigenvalue weighted by Crippen LogP contribution is 2.08. The monoisotopic (exact) mass is 222 g/mol. The van der Waals surface area contributed by atoms with E-state index in [1.54, 1.807) is 0 Å². The van der Waals surface area contributed by atoms with E-state index >= 15 is 0 Å². The zero-order chi connectivity index (χ0) is 11.7. The Bertz CT molecular complexity index is 449. The van der Waals surface area contributed by atoms with E-state index in [1.807, 2.05) is 0 Å². The van der Waals surface area contributed by atoms with Gasteiger partial charge in [-0.05, 0) is 6.07 Å². The maximum Gasteiger partial charge on any atom is 0.271 e. The average molecular weight is 222 g/mol. The van der Waals surface area contributed by atoms with Gasteiger partial charge < -0.3 is 15.6 Å². The number of piperazine rings is 1. The molecule has 0 atom stereocenters. The summed E-state index contributed by atoms with van der Waals surface area (Å²) in [6.45, 7) is -0.243. The maximum absolute atomic E-state index is 11.8. The third-order valence-electron chi connectivity index (χ3n) is 2.17. The van der Waals surface area contributed by atoms with Crippen LogP contribution in [-0.2, 0) is 9.59 Å². The predicted molar refractivity (Wildman–Crippen MR) is 54.3 cm³/mol. The highest BCUT2D eigenvalue weighted by molar-refractivity contribution is 6.05. The van der Waals surface area contributed by atoms with Gasteiger partial charge in [0.05, 0.1) is 0 Å². The average Bonchev–Trinajstić information content (AvgIpc) is 2.62. The third kappa shape index (κ3) is 1.88. The summed E-state index contributed by atoms with van der Waals surface area (Å²) in [6.07, 6.45) is 1.47. The lowest BCUT2D eigenvalue weighted by atomic mass is 10.3. The minimum absolute atomic E-state index is 0.122. The SMILES string of the molecule is Nc1c[nH]c(C(=O)N2CC(=O)NC(=O)C2)c1. The molecule has 0 unspecified atom stereocenters. The minimum atomic E-state index is -0.482. The zero-order valence-corrected chi connectivity index (χ0v) is 8.32. The topological polar surface area (TPSA) is 108 Å². The molecule has 1 aliphatic rings. The van der Waals surface area contributed by atoms with E-state index < -0.39 is 17.7 Å². The number of aromatic amines is 1. The number of nitrogens with two attached hydrogens (primary N) is 1. The molecule has 1 aromatic heterocycles. The van der Waals surface area contributed by atoms with Crippen molar-refractivity contribution >= 4 is 23.4 Å². The van der Waals surface area contributed by atoms with Crippen LogP contribution in [0.3, 0.4) is 0 Å². The van der Waals surface area contributed by atoms with Gasteiger partial charge in [0.2, 0.25) is 11.8 Å². The van der Waals surface area contributed by atoms with Crippen LogP contribution in [0.25, 0.3) is 0 Å². The molecule has 1 fully saturated rings. The number of imide groups is 1. The summed E-state index contributed by atoms with van der Waals surface area (Å²) in [6, 6.07) is 1.46. The first-order valence-corrected chi connectivity index (χ1v) is 4.62. The van der Waals surface area contributed by atoms with Crippen LogP contribution in [-0.4, -0.2) is 40.7 Å². The van der Waals surface area contributed by atoms with Crippen LogP contribution in [0.15, 0.2) is 12.3 Å². The number of anilines is 1. The molecule has 3 amide bonds. The summed E-state index contributed by atoms with van der Waals surface area (Å²) in [5.74, 6) is -1.38. The molecule has 84 valence electrons. The standard InChI is InChI=1S/C9H10N4O3/c10-5-1-6(11-2-5)9(16)13-3-7(14)12-8(15)4-13/h1-2,11H,3-4,10H2,(H,12,14,15). The summed E-state index contributed by atoms with van der Waals surface area (Å²) in [5.41, 5.74) is 6.14. The third-order valence-corrected chi connectivity index (χ3v) is 2.17. The van der Waals surface area contributed by atoms with Gasteiger partial charge in [-0.15, -0.1) is 0 Å². The number of hydrogen-bond acceptors (Lipinski definition) is 4. The second kappa shape index (κ2) is 3.69. The highest BCUT2D eigenvalue weighted by atomic mass is 16.2. The maximum atomic E-state index is 11.8. The zero-order valence-electron chi connectivity index (χ0n) is 8.32. The van der Waals surface area contributed by atoms with Crippen molar-refractivity contribution in [1.29, 1.82) is 0 Å². The van der Waals surface area contributed by atoms with Crippen LogP contribution in [0, 0.1) is 0 Å². The lowest BCUT2D eigenvalue weighted by Crippen LogP contribution is -2.53. The van der Waals surface area contributed by atoms with E-state index in [2.05, 4.69) is 10.3 Å². The van der Waals surface area contributed by atoms with Gasteiger partial charge in [0.1, 0.15) is 18.8 Å². The smallest absolute Gasteiger partial charge is 0.271 e. The predicted octanol–water partition coefficient (Wildman–Crippen LogP) is -1.30. The molecule has 0 aliphatic carbocycles. The molecule has 0 saturated carbocycles. The number of amides is 3. The van der Waals surface area contributed by atoms with E-state index in [9.17, 15) is 14.4 Å². The Kier molecular flexibility index (Phi) is 2.35. The molecule has 16 heavy (non-hydrogen) atoms. The fourth-order valence-corrected chi connectivity index (χ4v) is 1.49. The van der Waals surface area contributed by atoms with Crippen molar-refractivity contribution in [2.24, 2.45) is 0 Å². The molecular weight excluding hydrogens is 212 g/mol. The van der Waals surface area contributed by atoms with Crippen molar-refractivity contribution in [2.45, 2.75) is 0 Å². The molecule has 0 spiro atoms. The van der Waals surface area contributed by atoms with Gasteiger partial charge >= 0.3 is 0 Å². The number of nitrogens with one attached hydrogen (secondary N) is 2. The van der Waals surface area contributed by atoms with Crippen LogP contribution in [0.5, 0.6) is 0 Å². The number of hydrogen-bond donors (Lipinski definition) is 3. The van der Waals surface area contributed by atoms with Crippen molar-refractivity contribution < 1.29 is 14.4 Å². The van der Waals surface area contributed by atoms with Crippen molar-refractivity contribution in [2.75, 3.05) is 18.8 Å². The van der Waals surface area contributed by atoms with Crippen LogP contribution in [0.4, 0.5) is 5.69 Å². The summed E-state index contributed by atoms with van der Waals surface area (Å²) >= 11 is 0. The fourth-order valence-electron chi connectivity index (χ4n) is 1.49. The first-order chi connectivity index (χ1) is 7.56. The first kappa shape index (κ1) is 10.2. The Morgan fingerprint density at radius 2 is 1.94 bits per heavy atom. The summed E-state index contributed by atoms with van der Waals surface area (Å²) < 4.78 is 0. The largest absolute Gasteiger partial charge is 0.397 e. The van der Waals surface area contributed by atoms with Crippen LogP contribution in [0.2, 0.25) is 0 Å². The highest BCUT2D eigenvalue weighted by Gasteiger charge is 2.27. The second-order valence-corrected chi connectivity index (χ2v) is 3.48. The molecule has 1 aromatic rings. The van der Waals surface area contributed by atoms with Crippen LogP contribution < -0.4 is 11.1 Å². The Labute approximate surface area is 90.6 Å². The first-order valence-electron chi connectivity index (χ1n) is 4.62. The summed E-state index contributed by atoms with van der Waals surface area (Å²) in [4.78, 5) is 37.8. The second-order valence-electron chi connectivity index (χ2n) is 3.48. The van der Waals surface area contributed by atoms with Gasteiger partial charge in [-0.3, -0.25) is 19.7 Å². The number of rotatable bonds is 1. The van der Waals surface area contributed by atoms with Crippen molar-refractivity contribution in [3.63, 3.8) is 0 Å². The van der Waals surface area contributed by atoms with E-state index in [4.69, 9.17) is 5.73 Å². The molecule has 1 saturated heterocycles. The number of carbonyl (C=O) groups excluding carboxylic acids is 3. The van der Waals surface area contributed by atoms with Crippen LogP contribution >= 0.6 is 0 Å². The normalized spacial score (nSPS) is 16.1. The Morgan fingerprint density at radius 3 is 2.44 bits per heavy atom. The van der Waals surface area contributed by atoms with Gasteiger partial charge in [0.15, 0.2) is 0 Å². The number of H-pyrrole nitrogens is 1. The number of aromatic nitrogens is 1.